The molecule has 0 atom stereocenters. The van der Waals surface area contributed by atoms with Gasteiger partial charge in [-0.05, 0) is 30.4 Å². The van der Waals surface area contributed by atoms with Crippen LogP contribution in [0.1, 0.15) is 40.0 Å². The minimum Gasteiger partial charge on any atom is -0.333 e. The molecule has 0 aliphatic carbocycles. The van der Waals surface area contributed by atoms with Gasteiger partial charge in [-0.15, -0.1) is 0 Å². The highest BCUT2D eigenvalue weighted by molar-refractivity contribution is 7.80. The molecule has 0 unspecified atom stereocenters. The predicted octanol–water partition coefficient (Wildman–Crippen LogP) is 1.80. The lowest BCUT2D eigenvalue weighted by molar-refractivity contribution is -0.157. The van der Waals surface area contributed by atoms with Crippen molar-refractivity contribution in [3.63, 3.8) is 0 Å². The molecule has 19 heavy (non-hydrogen) atoms. The summed E-state index contributed by atoms with van der Waals surface area (Å²) in [6.07, 6.45) is 2.84. The number of thiol groups is 1. The minimum absolute atomic E-state index is 0.0337. The summed E-state index contributed by atoms with van der Waals surface area (Å²) >= 11 is 4.43. The molecule has 1 heterocycles. The molecule has 4 nitrogen and oxygen atoms in total. The zero-order valence-electron chi connectivity index (χ0n) is 12.3. The topological polar surface area (TPSA) is 40.6 Å². The van der Waals surface area contributed by atoms with Crippen molar-refractivity contribution in [2.24, 2.45) is 5.41 Å². The van der Waals surface area contributed by atoms with Crippen molar-refractivity contribution in [2.75, 3.05) is 31.9 Å². The van der Waals surface area contributed by atoms with Crippen LogP contribution < -0.4 is 0 Å². The first-order chi connectivity index (χ1) is 9.03. The predicted molar refractivity (Wildman–Crippen MR) is 80.3 cm³/mol. The largest absolute Gasteiger partial charge is 0.333 e. The van der Waals surface area contributed by atoms with Gasteiger partial charge in [0.2, 0.25) is 0 Å². The number of nitrogens with zero attached hydrogens (tertiary/aromatic N) is 2. The maximum atomic E-state index is 12.1. The molecule has 0 aromatic heterocycles. The highest BCUT2D eigenvalue weighted by atomic mass is 32.1. The smallest absolute Gasteiger partial charge is 0.312 e. The third-order valence-corrected chi connectivity index (χ3v) is 4.92. The zero-order valence-corrected chi connectivity index (χ0v) is 13.2. The lowest BCUT2D eigenvalue weighted by atomic mass is 9.83. The molecule has 0 N–H and O–H groups in total. The Balaban J connectivity index is 2.71. The van der Waals surface area contributed by atoms with Crippen LogP contribution in [0.25, 0.3) is 0 Å². The van der Waals surface area contributed by atoms with E-state index in [2.05, 4.69) is 26.5 Å². The molecular weight excluding hydrogens is 260 g/mol. The van der Waals surface area contributed by atoms with Crippen LogP contribution in [-0.2, 0) is 9.59 Å². The Morgan fingerprint density at radius 1 is 1.05 bits per heavy atom. The SMILES string of the molecule is CCCN1CCN(CC(CC)(CC)CS)C(=O)C1=O. The highest BCUT2D eigenvalue weighted by Gasteiger charge is 2.36. The first kappa shape index (κ1) is 16.3. The van der Waals surface area contributed by atoms with E-state index in [-0.39, 0.29) is 17.2 Å². The van der Waals surface area contributed by atoms with Gasteiger partial charge in [0.25, 0.3) is 0 Å². The third-order valence-electron chi connectivity index (χ3n) is 4.25. The molecule has 1 rings (SSSR count). The summed E-state index contributed by atoms with van der Waals surface area (Å²) in [5.41, 5.74) is 0.0337. The maximum Gasteiger partial charge on any atom is 0.312 e. The number of piperazine rings is 1. The molecule has 0 aromatic rings. The van der Waals surface area contributed by atoms with Gasteiger partial charge in [0, 0.05) is 26.2 Å². The van der Waals surface area contributed by atoms with Crippen LogP contribution in [0, 0.1) is 5.41 Å². The zero-order chi connectivity index (χ0) is 14.5. The van der Waals surface area contributed by atoms with Gasteiger partial charge in [-0.1, -0.05) is 20.8 Å². The molecule has 0 bridgehead atoms. The van der Waals surface area contributed by atoms with Gasteiger partial charge >= 0.3 is 11.8 Å². The fourth-order valence-corrected chi connectivity index (χ4v) is 3.05. The quantitative estimate of drug-likeness (QED) is 0.573. The van der Waals surface area contributed by atoms with Crippen LogP contribution in [-0.4, -0.2) is 53.5 Å². The van der Waals surface area contributed by atoms with Crippen LogP contribution in [0.5, 0.6) is 0 Å². The molecule has 110 valence electrons. The molecule has 1 aliphatic heterocycles. The number of carbonyl (C=O) groups is 2. The van der Waals surface area contributed by atoms with Crippen LogP contribution in [0.2, 0.25) is 0 Å². The van der Waals surface area contributed by atoms with E-state index in [1.54, 1.807) is 9.80 Å². The fraction of sp³-hybridized carbons (Fsp3) is 0.857. The lowest BCUT2D eigenvalue weighted by Gasteiger charge is -2.40. The number of hydrogen-bond acceptors (Lipinski definition) is 3. The summed E-state index contributed by atoms with van der Waals surface area (Å²) in [6.45, 7) is 8.91. The molecule has 1 aliphatic rings. The third kappa shape index (κ3) is 3.65. The average Bonchev–Trinajstić information content (AvgIpc) is 2.44. The van der Waals surface area contributed by atoms with Crippen molar-refractivity contribution in [1.82, 2.24) is 9.80 Å². The van der Waals surface area contributed by atoms with Crippen LogP contribution in [0.4, 0.5) is 0 Å². The van der Waals surface area contributed by atoms with Gasteiger partial charge < -0.3 is 9.80 Å². The second-order valence-electron chi connectivity index (χ2n) is 5.38. The summed E-state index contributed by atoms with van der Waals surface area (Å²) in [5, 5.41) is 0. The minimum atomic E-state index is -0.340. The lowest BCUT2D eigenvalue weighted by Crippen LogP contribution is -2.56. The molecule has 0 radical (unpaired) electrons. The fourth-order valence-electron chi connectivity index (χ4n) is 2.50. The Morgan fingerprint density at radius 2 is 1.58 bits per heavy atom. The van der Waals surface area contributed by atoms with Gasteiger partial charge in [0.15, 0.2) is 0 Å². The summed E-state index contributed by atoms with van der Waals surface area (Å²) < 4.78 is 0. The Bertz CT molecular complexity index is 321. The van der Waals surface area contributed by atoms with Gasteiger partial charge in [-0.3, -0.25) is 9.59 Å². The normalized spacial score (nSPS) is 17.3. The first-order valence-corrected chi connectivity index (χ1v) is 7.85. The average molecular weight is 286 g/mol. The van der Waals surface area contributed by atoms with Crippen molar-refractivity contribution in [3.05, 3.63) is 0 Å². The van der Waals surface area contributed by atoms with Crippen molar-refractivity contribution in [2.45, 2.75) is 40.0 Å². The van der Waals surface area contributed by atoms with Crippen LogP contribution in [0.3, 0.4) is 0 Å². The second kappa shape index (κ2) is 7.17. The van der Waals surface area contributed by atoms with Crippen LogP contribution in [0.15, 0.2) is 0 Å². The van der Waals surface area contributed by atoms with E-state index in [0.717, 1.165) is 25.0 Å². The molecular formula is C14H26N2O2S. The molecule has 1 fully saturated rings. The summed E-state index contributed by atoms with van der Waals surface area (Å²) in [5.74, 6) is 0.0672. The molecule has 0 saturated carbocycles. The Morgan fingerprint density at radius 3 is 2.05 bits per heavy atom. The molecule has 1 saturated heterocycles. The van der Waals surface area contributed by atoms with E-state index in [9.17, 15) is 9.59 Å². The van der Waals surface area contributed by atoms with Gasteiger partial charge in [0.1, 0.15) is 0 Å². The Labute approximate surface area is 121 Å². The number of carbonyl (C=O) groups excluding carboxylic acids is 2. The van der Waals surface area contributed by atoms with E-state index in [1.165, 1.54) is 0 Å². The summed E-state index contributed by atoms with van der Waals surface area (Å²) in [4.78, 5) is 27.5. The van der Waals surface area contributed by atoms with E-state index >= 15 is 0 Å². The van der Waals surface area contributed by atoms with Gasteiger partial charge in [-0.2, -0.15) is 12.6 Å². The van der Waals surface area contributed by atoms with E-state index in [0.29, 0.717) is 26.2 Å². The monoisotopic (exact) mass is 286 g/mol. The first-order valence-electron chi connectivity index (χ1n) is 7.22. The highest BCUT2D eigenvalue weighted by Crippen LogP contribution is 2.29. The number of rotatable bonds is 7. The standard InChI is InChI=1S/C14H26N2O2S/c1-4-7-15-8-9-16(13(18)12(15)17)10-14(5-2,6-3)11-19/h19H,4-11H2,1-3H3. The van der Waals surface area contributed by atoms with Crippen LogP contribution >= 0.6 is 12.6 Å². The van der Waals surface area contributed by atoms with E-state index < -0.39 is 0 Å². The molecule has 5 heteroatoms. The van der Waals surface area contributed by atoms with E-state index in [1.807, 2.05) is 6.92 Å². The molecule has 0 aromatic carbocycles. The molecule has 0 spiro atoms. The van der Waals surface area contributed by atoms with Crippen molar-refractivity contribution in [1.29, 1.82) is 0 Å². The maximum absolute atomic E-state index is 12.1. The number of hydrogen-bond donors (Lipinski definition) is 1. The molecule has 2 amide bonds. The van der Waals surface area contributed by atoms with Gasteiger partial charge in [0.05, 0.1) is 0 Å². The summed E-state index contributed by atoms with van der Waals surface area (Å²) in [7, 11) is 0. The van der Waals surface area contributed by atoms with E-state index in [4.69, 9.17) is 0 Å². The summed E-state index contributed by atoms with van der Waals surface area (Å²) in [6, 6.07) is 0. The Kier molecular flexibility index (Phi) is 6.17. The Hall–Kier alpha value is -0.710. The van der Waals surface area contributed by atoms with Crippen molar-refractivity contribution >= 4 is 24.4 Å². The second-order valence-corrected chi connectivity index (χ2v) is 5.70. The number of amides is 2. The van der Waals surface area contributed by atoms with Gasteiger partial charge in [-0.25, -0.2) is 0 Å². The van der Waals surface area contributed by atoms with Crippen molar-refractivity contribution in [3.8, 4) is 0 Å². The van der Waals surface area contributed by atoms with Crippen molar-refractivity contribution < 1.29 is 9.59 Å².